The number of rotatable bonds is 6. The molecule has 0 saturated carbocycles. The predicted octanol–water partition coefficient (Wildman–Crippen LogP) is 5.66. The van der Waals surface area contributed by atoms with Gasteiger partial charge in [-0.25, -0.2) is 0 Å². The van der Waals surface area contributed by atoms with Crippen molar-refractivity contribution >= 4 is 38.6 Å². The maximum Gasteiger partial charge on any atom is 0.191 e. The summed E-state index contributed by atoms with van der Waals surface area (Å²) in [7, 11) is 0. The van der Waals surface area contributed by atoms with Gasteiger partial charge in [0.1, 0.15) is 0 Å². The van der Waals surface area contributed by atoms with Crippen molar-refractivity contribution in [1.82, 2.24) is 19.7 Å². The lowest BCUT2D eigenvalue weighted by molar-refractivity contribution is 0.0953. The number of aromatic nitrogens is 4. The number of halogens is 1. The summed E-state index contributed by atoms with van der Waals surface area (Å²) in [4.78, 5) is 3.36. The van der Waals surface area contributed by atoms with E-state index < -0.39 is 0 Å². The van der Waals surface area contributed by atoms with Crippen LogP contribution in [0.3, 0.4) is 0 Å². The molecule has 1 aliphatic rings. The van der Waals surface area contributed by atoms with Gasteiger partial charge in [0.15, 0.2) is 11.0 Å². The first-order valence-electron chi connectivity index (χ1n) is 9.77. The van der Waals surface area contributed by atoms with Gasteiger partial charge < -0.3 is 9.72 Å². The number of hydrogen-bond acceptors (Lipinski definition) is 4. The van der Waals surface area contributed by atoms with Crippen molar-refractivity contribution < 1.29 is 4.74 Å². The van der Waals surface area contributed by atoms with Crippen molar-refractivity contribution in [3.05, 3.63) is 64.8 Å². The zero-order valence-electron chi connectivity index (χ0n) is 15.8. The van der Waals surface area contributed by atoms with Crippen LogP contribution in [0.4, 0.5) is 0 Å². The summed E-state index contributed by atoms with van der Waals surface area (Å²) in [5, 5.41) is 11.2. The lowest BCUT2D eigenvalue weighted by atomic mass is 10.1. The lowest BCUT2D eigenvalue weighted by Crippen LogP contribution is -2.16. The van der Waals surface area contributed by atoms with Crippen molar-refractivity contribution in [3.63, 3.8) is 0 Å². The van der Waals surface area contributed by atoms with Gasteiger partial charge in [0.2, 0.25) is 0 Å². The standard InChI is InChI=1S/C22H21BrN4OS/c23-19-9-3-1-6-15(19)14-29-22-26-25-21(27(22)13-16-7-5-11-28-16)18-12-24-20-10-4-2-8-17(18)20/h1-4,6,8-10,12,16,24H,5,7,11,13-14H2. The van der Waals surface area contributed by atoms with Gasteiger partial charge in [-0.3, -0.25) is 4.57 Å². The third-order valence-electron chi connectivity index (χ3n) is 5.27. The second-order valence-electron chi connectivity index (χ2n) is 7.18. The fraction of sp³-hybridized carbons (Fsp3) is 0.273. The van der Waals surface area contributed by atoms with E-state index in [0.717, 1.165) is 63.7 Å². The molecule has 5 nitrogen and oxygen atoms in total. The van der Waals surface area contributed by atoms with Crippen LogP contribution >= 0.6 is 27.7 Å². The third-order valence-corrected chi connectivity index (χ3v) is 7.06. The van der Waals surface area contributed by atoms with Gasteiger partial charge in [0, 0.05) is 39.5 Å². The van der Waals surface area contributed by atoms with Crippen LogP contribution in [0.15, 0.2) is 64.4 Å². The molecule has 3 heterocycles. The normalized spacial score (nSPS) is 16.7. The predicted molar refractivity (Wildman–Crippen MR) is 120 cm³/mol. The molecule has 1 N–H and O–H groups in total. The molecule has 5 rings (SSSR count). The topological polar surface area (TPSA) is 55.7 Å². The highest BCUT2D eigenvalue weighted by Crippen LogP contribution is 2.33. The first-order chi connectivity index (χ1) is 14.3. The highest BCUT2D eigenvalue weighted by molar-refractivity contribution is 9.10. The van der Waals surface area contributed by atoms with Crippen LogP contribution in [0.5, 0.6) is 0 Å². The van der Waals surface area contributed by atoms with Crippen LogP contribution in [-0.4, -0.2) is 32.5 Å². The highest BCUT2D eigenvalue weighted by Gasteiger charge is 2.23. The van der Waals surface area contributed by atoms with Crippen LogP contribution in [-0.2, 0) is 17.0 Å². The number of ether oxygens (including phenoxy) is 1. The minimum atomic E-state index is 0.220. The van der Waals surface area contributed by atoms with E-state index >= 15 is 0 Å². The highest BCUT2D eigenvalue weighted by atomic mass is 79.9. The molecule has 4 aromatic rings. The largest absolute Gasteiger partial charge is 0.376 e. The Balaban J connectivity index is 1.50. The van der Waals surface area contributed by atoms with Gasteiger partial charge in [-0.15, -0.1) is 10.2 Å². The first kappa shape index (κ1) is 18.9. The number of fused-ring (bicyclic) bond motifs is 1. The van der Waals surface area contributed by atoms with E-state index in [1.165, 1.54) is 5.56 Å². The van der Waals surface area contributed by atoms with E-state index in [4.69, 9.17) is 4.74 Å². The van der Waals surface area contributed by atoms with Gasteiger partial charge >= 0.3 is 0 Å². The molecule has 29 heavy (non-hydrogen) atoms. The number of benzene rings is 2. The van der Waals surface area contributed by atoms with Crippen LogP contribution in [0.1, 0.15) is 18.4 Å². The van der Waals surface area contributed by atoms with Crippen molar-refractivity contribution in [2.75, 3.05) is 6.61 Å². The fourth-order valence-corrected chi connectivity index (χ4v) is 5.33. The van der Waals surface area contributed by atoms with E-state index in [9.17, 15) is 0 Å². The summed E-state index contributed by atoms with van der Waals surface area (Å²) < 4.78 is 9.27. The summed E-state index contributed by atoms with van der Waals surface area (Å²) >= 11 is 5.36. The van der Waals surface area contributed by atoms with Crippen LogP contribution < -0.4 is 0 Å². The average molecular weight is 469 g/mol. The Kier molecular flexibility index (Phi) is 5.44. The average Bonchev–Trinajstić information content (AvgIpc) is 3.48. The summed E-state index contributed by atoms with van der Waals surface area (Å²) in [5.74, 6) is 1.73. The van der Waals surface area contributed by atoms with Gasteiger partial charge in [0.05, 0.1) is 12.6 Å². The third kappa shape index (κ3) is 3.86. The second-order valence-corrected chi connectivity index (χ2v) is 8.98. The Morgan fingerprint density at radius 3 is 2.86 bits per heavy atom. The summed E-state index contributed by atoms with van der Waals surface area (Å²) in [5.41, 5.74) is 3.44. The monoisotopic (exact) mass is 468 g/mol. The van der Waals surface area contributed by atoms with E-state index in [1.54, 1.807) is 11.8 Å². The Bertz CT molecular complexity index is 1130. The Morgan fingerprint density at radius 1 is 1.14 bits per heavy atom. The minimum Gasteiger partial charge on any atom is -0.376 e. The smallest absolute Gasteiger partial charge is 0.191 e. The van der Waals surface area contributed by atoms with E-state index in [-0.39, 0.29) is 6.10 Å². The SMILES string of the molecule is Brc1ccccc1CSc1nnc(-c2c[nH]c3ccccc23)n1CC1CCCO1. The number of H-pyrrole nitrogens is 1. The molecule has 2 aromatic carbocycles. The molecule has 1 unspecified atom stereocenters. The molecule has 2 aromatic heterocycles. The molecule has 1 saturated heterocycles. The van der Waals surface area contributed by atoms with Crippen LogP contribution in [0, 0.1) is 0 Å². The van der Waals surface area contributed by atoms with Crippen LogP contribution in [0.25, 0.3) is 22.3 Å². The number of nitrogens with one attached hydrogen (secondary N) is 1. The zero-order chi connectivity index (χ0) is 19.6. The number of hydrogen-bond donors (Lipinski definition) is 1. The van der Waals surface area contributed by atoms with E-state index in [0.29, 0.717) is 0 Å². The van der Waals surface area contributed by atoms with E-state index in [1.807, 2.05) is 18.3 Å². The van der Waals surface area contributed by atoms with Crippen molar-refractivity contribution in [2.24, 2.45) is 0 Å². The van der Waals surface area contributed by atoms with Gasteiger partial charge in [-0.2, -0.15) is 0 Å². The second kappa shape index (κ2) is 8.34. The molecule has 1 atom stereocenters. The first-order valence-corrected chi connectivity index (χ1v) is 11.5. The molecule has 148 valence electrons. The molecular weight excluding hydrogens is 448 g/mol. The van der Waals surface area contributed by atoms with E-state index in [2.05, 4.69) is 72.1 Å². The molecular formula is C22H21BrN4OS. The minimum absolute atomic E-state index is 0.220. The van der Waals surface area contributed by atoms with Gasteiger partial charge in [-0.1, -0.05) is 64.1 Å². The van der Waals surface area contributed by atoms with Crippen molar-refractivity contribution in [3.8, 4) is 11.4 Å². The quantitative estimate of drug-likeness (QED) is 0.370. The summed E-state index contributed by atoms with van der Waals surface area (Å²) in [6.45, 7) is 1.62. The maximum atomic E-state index is 5.92. The number of para-hydroxylation sites is 1. The molecule has 7 heteroatoms. The molecule has 0 aliphatic carbocycles. The summed E-state index contributed by atoms with van der Waals surface area (Å²) in [6.07, 6.45) is 4.45. The Hall–Kier alpha value is -2.09. The number of thioether (sulfide) groups is 1. The van der Waals surface area contributed by atoms with Gasteiger partial charge in [0.25, 0.3) is 0 Å². The lowest BCUT2D eigenvalue weighted by Gasteiger charge is -2.14. The Labute approximate surface area is 182 Å². The zero-order valence-corrected chi connectivity index (χ0v) is 18.2. The number of aromatic amines is 1. The molecule has 0 bridgehead atoms. The molecule has 1 fully saturated rings. The van der Waals surface area contributed by atoms with Crippen molar-refractivity contribution in [2.45, 2.75) is 36.4 Å². The fourth-order valence-electron chi connectivity index (χ4n) is 3.77. The summed E-state index contributed by atoms with van der Waals surface area (Å²) in [6, 6.07) is 16.6. The van der Waals surface area contributed by atoms with Gasteiger partial charge in [-0.05, 0) is 30.5 Å². The number of nitrogens with zero attached hydrogens (tertiary/aromatic N) is 3. The molecule has 0 radical (unpaired) electrons. The molecule has 0 amide bonds. The molecule has 0 spiro atoms. The van der Waals surface area contributed by atoms with Crippen LogP contribution in [0.2, 0.25) is 0 Å². The molecule has 1 aliphatic heterocycles. The van der Waals surface area contributed by atoms with Crippen molar-refractivity contribution in [1.29, 1.82) is 0 Å². The maximum absolute atomic E-state index is 5.92. The Morgan fingerprint density at radius 2 is 2.00 bits per heavy atom.